The van der Waals surface area contributed by atoms with Crippen molar-refractivity contribution in [1.29, 1.82) is 0 Å². The number of ether oxygens (including phenoxy) is 1. The Morgan fingerprint density at radius 3 is 3.05 bits per heavy atom. The van der Waals surface area contributed by atoms with Crippen molar-refractivity contribution >= 4 is 39.4 Å². The van der Waals surface area contributed by atoms with Crippen molar-refractivity contribution in [3.05, 3.63) is 44.6 Å². The highest BCUT2D eigenvalue weighted by molar-refractivity contribution is 9.10. The number of carbonyl (C=O) groups is 1. The van der Waals surface area contributed by atoms with Gasteiger partial charge in [-0.15, -0.1) is 11.3 Å². The van der Waals surface area contributed by atoms with E-state index in [9.17, 15) is 9.90 Å². The topological polar surface area (TPSA) is 70.9 Å². The number of benzene rings is 1. The zero-order valence-corrected chi connectivity index (χ0v) is 13.6. The molecule has 0 aliphatic rings. The summed E-state index contributed by atoms with van der Waals surface area (Å²) in [4.78, 5) is 12.6. The van der Waals surface area contributed by atoms with E-state index in [0.29, 0.717) is 22.2 Å². The summed E-state index contributed by atoms with van der Waals surface area (Å²) in [6, 6.07) is 6.92. The van der Waals surface area contributed by atoms with Gasteiger partial charge >= 0.3 is 0 Å². The van der Waals surface area contributed by atoms with Gasteiger partial charge in [0.2, 0.25) is 5.91 Å². The first-order chi connectivity index (χ1) is 10.1. The van der Waals surface area contributed by atoms with Crippen LogP contribution >= 0.6 is 27.3 Å². The monoisotopic (exact) mass is 368 g/mol. The number of hydrogen-bond acceptors (Lipinski definition) is 5. The lowest BCUT2D eigenvalue weighted by Gasteiger charge is -2.06. The fourth-order valence-corrected chi connectivity index (χ4v) is 2.74. The van der Waals surface area contributed by atoms with Crippen LogP contribution in [-0.4, -0.2) is 24.3 Å². The third-order valence-corrected chi connectivity index (χ3v) is 4.17. The summed E-state index contributed by atoms with van der Waals surface area (Å²) in [5, 5.41) is 15.5. The van der Waals surface area contributed by atoms with Gasteiger partial charge in [0, 0.05) is 14.9 Å². The molecular formula is C14H13BrN2O3S. The van der Waals surface area contributed by atoms with Crippen LogP contribution in [0.2, 0.25) is 0 Å². The molecule has 7 heteroatoms. The molecule has 1 heterocycles. The first-order valence-electron chi connectivity index (χ1n) is 6.01. The lowest BCUT2D eigenvalue weighted by molar-refractivity contribution is -0.120. The van der Waals surface area contributed by atoms with Crippen LogP contribution in [0.1, 0.15) is 10.4 Å². The van der Waals surface area contributed by atoms with Gasteiger partial charge in [-0.3, -0.25) is 4.79 Å². The number of thiophene rings is 1. The summed E-state index contributed by atoms with van der Waals surface area (Å²) in [5.74, 6) is 0.176. The summed E-state index contributed by atoms with van der Waals surface area (Å²) in [6.07, 6.45) is 1.75. The number of hydrazone groups is 1. The molecule has 0 aliphatic heterocycles. The molecular weight excluding hydrogens is 356 g/mol. The van der Waals surface area contributed by atoms with E-state index < -0.39 is 0 Å². The van der Waals surface area contributed by atoms with Gasteiger partial charge in [-0.25, -0.2) is 5.43 Å². The average Bonchev–Trinajstić information content (AvgIpc) is 2.95. The molecule has 1 amide bonds. The van der Waals surface area contributed by atoms with Crippen LogP contribution < -0.4 is 10.2 Å². The van der Waals surface area contributed by atoms with E-state index in [-0.39, 0.29) is 11.7 Å². The molecule has 0 saturated carbocycles. The van der Waals surface area contributed by atoms with E-state index in [0.717, 1.165) is 4.88 Å². The van der Waals surface area contributed by atoms with Gasteiger partial charge in [0.25, 0.3) is 0 Å². The minimum atomic E-state index is -0.192. The van der Waals surface area contributed by atoms with E-state index in [1.807, 2.05) is 17.5 Å². The summed E-state index contributed by atoms with van der Waals surface area (Å²) >= 11 is 4.87. The number of rotatable bonds is 5. The highest BCUT2D eigenvalue weighted by atomic mass is 79.9. The number of nitrogens with one attached hydrogen (secondary N) is 1. The fourth-order valence-electron chi connectivity index (χ4n) is 1.61. The molecule has 110 valence electrons. The Labute approximate surface area is 134 Å². The maximum atomic E-state index is 11.7. The second kappa shape index (κ2) is 7.24. The van der Waals surface area contributed by atoms with Gasteiger partial charge in [-0.2, -0.15) is 5.10 Å². The SMILES string of the molecule is COc1cc(Br)c(/C=N\NC(=O)Cc2cccs2)cc1O. The van der Waals surface area contributed by atoms with E-state index in [2.05, 4.69) is 26.5 Å². The lowest BCUT2D eigenvalue weighted by atomic mass is 10.2. The molecule has 2 N–H and O–H groups in total. The number of amides is 1. The molecule has 0 fully saturated rings. The molecule has 2 rings (SSSR count). The van der Waals surface area contributed by atoms with E-state index in [1.165, 1.54) is 30.7 Å². The Hall–Kier alpha value is -1.86. The van der Waals surface area contributed by atoms with Gasteiger partial charge < -0.3 is 9.84 Å². The minimum absolute atomic E-state index is 0.00654. The van der Waals surface area contributed by atoms with E-state index >= 15 is 0 Å². The van der Waals surface area contributed by atoms with Gasteiger partial charge in [0.05, 0.1) is 19.7 Å². The Bertz CT molecular complexity index is 656. The number of phenols is 1. The van der Waals surface area contributed by atoms with Crippen molar-refractivity contribution in [3.63, 3.8) is 0 Å². The second-order valence-corrected chi connectivity index (χ2v) is 5.98. The zero-order chi connectivity index (χ0) is 15.2. The molecule has 0 aliphatic carbocycles. The molecule has 21 heavy (non-hydrogen) atoms. The molecule has 2 aromatic rings. The molecule has 5 nitrogen and oxygen atoms in total. The summed E-state index contributed by atoms with van der Waals surface area (Å²) in [7, 11) is 1.47. The molecule has 0 spiro atoms. The summed E-state index contributed by atoms with van der Waals surface area (Å²) in [5.41, 5.74) is 3.08. The number of methoxy groups -OCH3 is 1. The normalized spacial score (nSPS) is 10.8. The number of halogens is 1. The van der Waals surface area contributed by atoms with Crippen LogP contribution in [0, 0.1) is 0 Å². The quantitative estimate of drug-likeness (QED) is 0.629. The number of hydrogen-bond donors (Lipinski definition) is 2. The van der Waals surface area contributed by atoms with Crippen molar-refractivity contribution in [1.82, 2.24) is 5.43 Å². The molecule has 1 aromatic carbocycles. The minimum Gasteiger partial charge on any atom is -0.504 e. The first kappa shape index (κ1) is 15.5. The largest absolute Gasteiger partial charge is 0.504 e. The second-order valence-electron chi connectivity index (χ2n) is 4.09. The predicted octanol–water partition coefficient (Wildman–Crippen LogP) is 2.92. The molecule has 0 atom stereocenters. The van der Waals surface area contributed by atoms with E-state index in [1.54, 1.807) is 6.07 Å². The van der Waals surface area contributed by atoms with Gasteiger partial charge in [-0.05, 0) is 39.5 Å². The highest BCUT2D eigenvalue weighted by Gasteiger charge is 2.07. The first-order valence-corrected chi connectivity index (χ1v) is 7.68. The van der Waals surface area contributed by atoms with Crippen molar-refractivity contribution < 1.29 is 14.6 Å². The third kappa shape index (κ3) is 4.30. The Morgan fingerprint density at radius 2 is 2.38 bits per heavy atom. The average molecular weight is 369 g/mol. The van der Waals surface area contributed by atoms with E-state index in [4.69, 9.17) is 4.74 Å². The van der Waals surface area contributed by atoms with Crippen LogP contribution in [0.25, 0.3) is 0 Å². The van der Waals surface area contributed by atoms with Crippen LogP contribution in [-0.2, 0) is 11.2 Å². The van der Waals surface area contributed by atoms with Gasteiger partial charge in [-0.1, -0.05) is 6.07 Å². The van der Waals surface area contributed by atoms with Crippen molar-refractivity contribution in [2.45, 2.75) is 6.42 Å². The maximum absolute atomic E-state index is 11.7. The number of phenolic OH excluding ortho intramolecular Hbond substituents is 1. The van der Waals surface area contributed by atoms with Crippen LogP contribution in [0.5, 0.6) is 11.5 Å². The zero-order valence-electron chi connectivity index (χ0n) is 11.2. The smallest absolute Gasteiger partial charge is 0.245 e. The molecule has 0 radical (unpaired) electrons. The lowest BCUT2D eigenvalue weighted by Crippen LogP contribution is -2.19. The van der Waals surface area contributed by atoms with Gasteiger partial charge in [0.15, 0.2) is 11.5 Å². The highest BCUT2D eigenvalue weighted by Crippen LogP contribution is 2.31. The standard InChI is InChI=1S/C14H13BrN2O3S/c1-20-13-7-11(15)9(5-12(13)18)8-16-17-14(19)6-10-3-2-4-21-10/h2-5,7-8,18H,6H2,1H3,(H,17,19)/b16-8-. The molecule has 0 saturated heterocycles. The molecule has 1 aromatic heterocycles. The van der Waals surface area contributed by atoms with Crippen LogP contribution in [0.15, 0.2) is 39.2 Å². The Morgan fingerprint density at radius 1 is 1.57 bits per heavy atom. The van der Waals surface area contributed by atoms with Crippen molar-refractivity contribution in [2.24, 2.45) is 5.10 Å². The summed E-state index contributed by atoms with van der Waals surface area (Å²) < 4.78 is 5.69. The maximum Gasteiger partial charge on any atom is 0.245 e. The van der Waals surface area contributed by atoms with Crippen molar-refractivity contribution in [2.75, 3.05) is 7.11 Å². The number of carbonyl (C=O) groups excluding carboxylic acids is 1. The van der Waals surface area contributed by atoms with Crippen molar-refractivity contribution in [3.8, 4) is 11.5 Å². The Balaban J connectivity index is 1.98. The van der Waals surface area contributed by atoms with Gasteiger partial charge in [0.1, 0.15) is 0 Å². The third-order valence-electron chi connectivity index (χ3n) is 2.61. The predicted molar refractivity (Wildman–Crippen MR) is 86.1 cm³/mol. The van der Waals surface area contributed by atoms with Crippen LogP contribution in [0.3, 0.4) is 0 Å². The van der Waals surface area contributed by atoms with Crippen LogP contribution in [0.4, 0.5) is 0 Å². The fraction of sp³-hybridized carbons (Fsp3) is 0.143. The number of nitrogens with zero attached hydrogens (tertiary/aromatic N) is 1. The molecule has 0 bridgehead atoms. The Kier molecular flexibility index (Phi) is 5.35. The molecule has 0 unspecified atom stereocenters. The summed E-state index contributed by atoms with van der Waals surface area (Å²) in [6.45, 7) is 0. The number of aromatic hydroxyl groups is 1.